The normalized spacial score (nSPS) is 20.6. The number of hydrogen-bond acceptors (Lipinski definition) is 6. The monoisotopic (exact) mass is 605 g/mol. The molecule has 0 amide bonds. The van der Waals surface area contributed by atoms with Crippen molar-refractivity contribution in [1.29, 1.82) is 0 Å². The Morgan fingerprint density at radius 2 is 1.90 bits per heavy atom. The summed E-state index contributed by atoms with van der Waals surface area (Å²) in [4.78, 5) is 6.61. The van der Waals surface area contributed by atoms with E-state index >= 15 is 0 Å². The Labute approximate surface area is 256 Å². The summed E-state index contributed by atoms with van der Waals surface area (Å²) in [6.45, 7) is 3.95. The average molecular weight is 607 g/mol. The molecule has 2 aliphatic heterocycles. The fourth-order valence-corrected chi connectivity index (χ4v) is 6.00. The number of imidazole rings is 1. The van der Waals surface area contributed by atoms with Crippen LogP contribution in [0.2, 0.25) is 10.0 Å². The lowest BCUT2D eigenvalue weighted by atomic mass is 9.99. The Balaban J connectivity index is 1.05. The van der Waals surface area contributed by atoms with Gasteiger partial charge in [-0.15, -0.1) is 0 Å². The SMILES string of the molecule is COc1ccc(C=CCN2CCc3cc(OC[C@H]4CO[C@](Cn5ccnc5)(c5ccc(Cl)cc5Cl)O4)ccc3C2)cc1. The molecule has 0 N–H and O–H groups in total. The van der Waals surface area contributed by atoms with Crippen LogP contribution in [0, 0.1) is 0 Å². The summed E-state index contributed by atoms with van der Waals surface area (Å²) in [5, 5.41) is 1.05. The standard InChI is InChI=1S/C33H33Cl2N3O4/c1-39-28-8-4-24(5-9-28)3-2-14-37-15-12-25-17-29(10-6-26(25)19-37)40-20-30-21-41-33(42-30,22-38-16-13-36-23-38)31-11-7-27(34)18-32(31)35/h2-11,13,16-18,23,30H,12,14-15,19-22H2,1H3/t30-,33-/m0/s1. The van der Waals surface area contributed by atoms with Crippen LogP contribution in [0.5, 0.6) is 11.5 Å². The molecule has 1 aromatic heterocycles. The van der Waals surface area contributed by atoms with Gasteiger partial charge in [0.25, 0.3) is 0 Å². The summed E-state index contributed by atoms with van der Waals surface area (Å²) < 4.78 is 26.2. The molecule has 42 heavy (non-hydrogen) atoms. The molecule has 0 aliphatic carbocycles. The zero-order chi connectivity index (χ0) is 28.9. The predicted molar refractivity (Wildman–Crippen MR) is 164 cm³/mol. The number of aromatic nitrogens is 2. The molecule has 0 spiro atoms. The van der Waals surface area contributed by atoms with Crippen molar-refractivity contribution in [3.05, 3.63) is 118 Å². The molecule has 0 unspecified atom stereocenters. The number of fused-ring (bicyclic) bond motifs is 1. The van der Waals surface area contributed by atoms with E-state index in [0.29, 0.717) is 29.8 Å². The summed E-state index contributed by atoms with van der Waals surface area (Å²) in [6, 6.07) is 19.8. The fraction of sp³-hybridized carbons (Fsp3) is 0.303. The quantitative estimate of drug-likeness (QED) is 0.202. The van der Waals surface area contributed by atoms with Crippen molar-refractivity contribution in [3.63, 3.8) is 0 Å². The molecule has 3 heterocycles. The van der Waals surface area contributed by atoms with E-state index < -0.39 is 5.79 Å². The Morgan fingerprint density at radius 1 is 1.05 bits per heavy atom. The van der Waals surface area contributed by atoms with Crippen LogP contribution < -0.4 is 9.47 Å². The molecule has 6 rings (SSSR count). The van der Waals surface area contributed by atoms with Gasteiger partial charge in [-0.25, -0.2) is 4.98 Å². The average Bonchev–Trinajstić information content (AvgIpc) is 3.67. The molecule has 2 aliphatic rings. The van der Waals surface area contributed by atoms with Crippen molar-refractivity contribution in [3.8, 4) is 11.5 Å². The molecular weight excluding hydrogens is 573 g/mol. The number of nitrogens with zero attached hydrogens (tertiary/aromatic N) is 3. The van der Waals surface area contributed by atoms with E-state index in [1.54, 1.807) is 31.8 Å². The number of ether oxygens (including phenoxy) is 4. The van der Waals surface area contributed by atoms with Crippen LogP contribution in [0.3, 0.4) is 0 Å². The van der Waals surface area contributed by atoms with E-state index in [9.17, 15) is 0 Å². The molecule has 0 saturated carbocycles. The van der Waals surface area contributed by atoms with E-state index in [-0.39, 0.29) is 6.10 Å². The van der Waals surface area contributed by atoms with Crippen molar-refractivity contribution in [1.82, 2.24) is 14.5 Å². The second kappa shape index (κ2) is 12.9. The summed E-state index contributed by atoms with van der Waals surface area (Å²) in [5.41, 5.74) is 4.56. The van der Waals surface area contributed by atoms with E-state index in [1.165, 1.54) is 16.7 Å². The Kier molecular flexibility index (Phi) is 8.84. The first-order valence-electron chi connectivity index (χ1n) is 14.0. The van der Waals surface area contributed by atoms with Crippen molar-refractivity contribution in [2.24, 2.45) is 0 Å². The van der Waals surface area contributed by atoms with Gasteiger partial charge in [0.05, 0.1) is 31.6 Å². The summed E-state index contributed by atoms with van der Waals surface area (Å²) in [6.07, 6.45) is 10.4. The Bertz CT molecular complexity index is 1530. The molecule has 1 saturated heterocycles. The fourth-order valence-electron chi connectivity index (χ4n) is 5.45. The number of hydrogen-bond donors (Lipinski definition) is 0. The summed E-state index contributed by atoms with van der Waals surface area (Å²) in [7, 11) is 1.68. The van der Waals surface area contributed by atoms with Gasteiger partial charge in [-0.05, 0) is 59.5 Å². The van der Waals surface area contributed by atoms with Crippen molar-refractivity contribution >= 4 is 29.3 Å². The zero-order valence-electron chi connectivity index (χ0n) is 23.4. The maximum absolute atomic E-state index is 6.59. The van der Waals surface area contributed by atoms with Gasteiger partial charge >= 0.3 is 0 Å². The van der Waals surface area contributed by atoms with Gasteiger partial charge in [-0.2, -0.15) is 0 Å². The third-order valence-corrected chi connectivity index (χ3v) is 8.19. The van der Waals surface area contributed by atoms with Crippen LogP contribution in [0.25, 0.3) is 6.08 Å². The van der Waals surface area contributed by atoms with Gasteiger partial charge in [0.2, 0.25) is 5.79 Å². The lowest BCUT2D eigenvalue weighted by Crippen LogP contribution is -2.34. The lowest BCUT2D eigenvalue weighted by molar-refractivity contribution is -0.189. The van der Waals surface area contributed by atoms with Crippen LogP contribution in [-0.4, -0.2) is 54.0 Å². The molecule has 4 aromatic rings. The molecule has 7 nitrogen and oxygen atoms in total. The van der Waals surface area contributed by atoms with Gasteiger partial charge in [-0.3, -0.25) is 4.90 Å². The minimum atomic E-state index is -1.07. The van der Waals surface area contributed by atoms with Crippen molar-refractivity contribution in [2.45, 2.75) is 31.4 Å². The van der Waals surface area contributed by atoms with Crippen molar-refractivity contribution < 1.29 is 18.9 Å². The summed E-state index contributed by atoms with van der Waals surface area (Å²) >= 11 is 12.8. The first kappa shape index (κ1) is 28.8. The largest absolute Gasteiger partial charge is 0.497 e. The highest BCUT2D eigenvalue weighted by Crippen LogP contribution is 2.40. The van der Waals surface area contributed by atoms with Gasteiger partial charge in [-0.1, -0.05) is 59.6 Å². The molecule has 218 valence electrons. The molecule has 1 fully saturated rings. The highest BCUT2D eigenvalue weighted by Gasteiger charge is 2.45. The highest BCUT2D eigenvalue weighted by molar-refractivity contribution is 6.35. The molecule has 0 radical (unpaired) electrons. The van der Waals surface area contributed by atoms with Crippen LogP contribution in [0.1, 0.15) is 22.3 Å². The molecular formula is C33H33Cl2N3O4. The van der Waals surface area contributed by atoms with E-state index in [4.69, 9.17) is 42.1 Å². The van der Waals surface area contributed by atoms with E-state index in [2.05, 4.69) is 46.3 Å². The second-order valence-corrected chi connectivity index (χ2v) is 11.4. The zero-order valence-corrected chi connectivity index (χ0v) is 24.9. The maximum atomic E-state index is 6.59. The molecule has 2 atom stereocenters. The Hall–Kier alpha value is -3.33. The van der Waals surface area contributed by atoms with Crippen LogP contribution >= 0.6 is 23.2 Å². The van der Waals surface area contributed by atoms with Gasteiger partial charge < -0.3 is 23.5 Å². The van der Waals surface area contributed by atoms with Gasteiger partial charge in [0, 0.05) is 42.6 Å². The van der Waals surface area contributed by atoms with E-state index in [0.717, 1.165) is 43.1 Å². The number of methoxy groups -OCH3 is 1. The van der Waals surface area contributed by atoms with Crippen LogP contribution in [-0.2, 0) is 34.8 Å². The molecule has 0 bridgehead atoms. The third-order valence-electron chi connectivity index (χ3n) is 7.65. The van der Waals surface area contributed by atoms with Gasteiger partial charge in [0.15, 0.2) is 0 Å². The number of halogens is 2. The first-order valence-corrected chi connectivity index (χ1v) is 14.8. The third kappa shape index (κ3) is 6.66. The smallest absolute Gasteiger partial charge is 0.215 e. The maximum Gasteiger partial charge on any atom is 0.215 e. The van der Waals surface area contributed by atoms with Gasteiger partial charge in [0.1, 0.15) is 24.2 Å². The summed E-state index contributed by atoms with van der Waals surface area (Å²) in [5.74, 6) is 0.632. The second-order valence-electron chi connectivity index (χ2n) is 10.6. The lowest BCUT2D eigenvalue weighted by Gasteiger charge is -2.30. The van der Waals surface area contributed by atoms with Crippen molar-refractivity contribution in [2.75, 3.05) is 33.4 Å². The highest BCUT2D eigenvalue weighted by atomic mass is 35.5. The van der Waals surface area contributed by atoms with E-state index in [1.807, 2.05) is 35.0 Å². The molecule has 3 aromatic carbocycles. The first-order chi connectivity index (χ1) is 20.5. The minimum absolute atomic E-state index is 0.274. The topological polar surface area (TPSA) is 58.0 Å². The predicted octanol–water partition coefficient (Wildman–Crippen LogP) is 6.62. The van der Waals surface area contributed by atoms with Crippen LogP contribution in [0.4, 0.5) is 0 Å². The number of rotatable bonds is 10. The minimum Gasteiger partial charge on any atom is -0.497 e. The molecule has 9 heteroatoms. The van der Waals surface area contributed by atoms with Crippen LogP contribution in [0.15, 0.2) is 85.5 Å². The number of benzene rings is 3. The Morgan fingerprint density at radius 3 is 2.69 bits per heavy atom.